The fourth-order valence-corrected chi connectivity index (χ4v) is 4.01. The predicted octanol–water partition coefficient (Wildman–Crippen LogP) is 4.27. The summed E-state index contributed by atoms with van der Waals surface area (Å²) in [6.45, 7) is 7.54. The molecule has 2 rings (SSSR count). The SMILES string of the molecule is CCSc1cccc(N2CCCC(CC)CC2)c1CN. The molecule has 112 valence electrons. The van der Waals surface area contributed by atoms with Crippen molar-refractivity contribution >= 4 is 17.4 Å². The van der Waals surface area contributed by atoms with Gasteiger partial charge in [-0.1, -0.05) is 26.3 Å². The van der Waals surface area contributed by atoms with E-state index in [1.807, 2.05) is 11.8 Å². The molecule has 0 aliphatic carbocycles. The van der Waals surface area contributed by atoms with Gasteiger partial charge in [0.05, 0.1) is 0 Å². The molecular weight excluding hydrogens is 264 g/mol. The molecule has 1 aromatic carbocycles. The van der Waals surface area contributed by atoms with Gasteiger partial charge in [-0.3, -0.25) is 0 Å². The van der Waals surface area contributed by atoms with Crippen LogP contribution in [0.15, 0.2) is 23.1 Å². The van der Waals surface area contributed by atoms with Crippen LogP contribution in [0.4, 0.5) is 5.69 Å². The fourth-order valence-electron chi connectivity index (χ4n) is 3.16. The van der Waals surface area contributed by atoms with Crippen LogP contribution in [0.2, 0.25) is 0 Å². The van der Waals surface area contributed by atoms with Crippen LogP contribution in [0.1, 0.15) is 45.1 Å². The molecule has 20 heavy (non-hydrogen) atoms. The molecule has 1 heterocycles. The number of thioether (sulfide) groups is 1. The lowest BCUT2D eigenvalue weighted by Gasteiger charge is -2.26. The summed E-state index contributed by atoms with van der Waals surface area (Å²) in [5.74, 6) is 2.02. The molecule has 1 unspecified atom stereocenters. The van der Waals surface area contributed by atoms with Crippen molar-refractivity contribution in [3.63, 3.8) is 0 Å². The van der Waals surface area contributed by atoms with Crippen molar-refractivity contribution in [2.24, 2.45) is 11.7 Å². The summed E-state index contributed by atoms with van der Waals surface area (Å²) in [6, 6.07) is 6.66. The van der Waals surface area contributed by atoms with Crippen molar-refractivity contribution in [1.82, 2.24) is 0 Å². The van der Waals surface area contributed by atoms with Gasteiger partial charge in [0.25, 0.3) is 0 Å². The second-order valence-electron chi connectivity index (χ2n) is 5.58. The molecule has 1 fully saturated rings. The lowest BCUT2D eigenvalue weighted by Crippen LogP contribution is -2.26. The first-order valence-electron chi connectivity index (χ1n) is 7.99. The first-order chi connectivity index (χ1) is 9.80. The van der Waals surface area contributed by atoms with Gasteiger partial charge >= 0.3 is 0 Å². The Labute approximate surface area is 128 Å². The van der Waals surface area contributed by atoms with E-state index in [4.69, 9.17) is 5.73 Å². The Bertz CT molecular complexity index is 419. The summed E-state index contributed by atoms with van der Waals surface area (Å²) in [7, 11) is 0. The number of nitrogens with two attached hydrogens (primary N) is 1. The monoisotopic (exact) mass is 292 g/mol. The molecule has 0 radical (unpaired) electrons. The highest BCUT2D eigenvalue weighted by Gasteiger charge is 2.18. The number of rotatable bonds is 5. The molecule has 2 nitrogen and oxygen atoms in total. The van der Waals surface area contributed by atoms with Gasteiger partial charge < -0.3 is 10.6 Å². The third kappa shape index (κ3) is 3.70. The summed E-state index contributed by atoms with van der Waals surface area (Å²) in [5, 5.41) is 0. The third-order valence-electron chi connectivity index (χ3n) is 4.38. The van der Waals surface area contributed by atoms with E-state index in [1.165, 1.54) is 54.9 Å². The molecule has 1 aliphatic rings. The average Bonchev–Trinajstić information content (AvgIpc) is 2.72. The molecular formula is C17H28N2S. The number of hydrogen-bond donors (Lipinski definition) is 1. The van der Waals surface area contributed by atoms with E-state index < -0.39 is 0 Å². The van der Waals surface area contributed by atoms with Crippen LogP contribution in [0, 0.1) is 5.92 Å². The molecule has 0 bridgehead atoms. The Morgan fingerprint density at radius 2 is 2.10 bits per heavy atom. The van der Waals surface area contributed by atoms with Crippen molar-refractivity contribution in [3.05, 3.63) is 23.8 Å². The van der Waals surface area contributed by atoms with Gasteiger partial charge in [0.2, 0.25) is 0 Å². The smallest absolute Gasteiger partial charge is 0.0423 e. The van der Waals surface area contributed by atoms with Crippen LogP contribution < -0.4 is 10.6 Å². The van der Waals surface area contributed by atoms with Gasteiger partial charge in [0.15, 0.2) is 0 Å². The van der Waals surface area contributed by atoms with Gasteiger partial charge in [-0.25, -0.2) is 0 Å². The second-order valence-corrected chi connectivity index (χ2v) is 6.89. The summed E-state index contributed by atoms with van der Waals surface area (Å²) >= 11 is 1.91. The molecule has 1 aliphatic heterocycles. The highest BCUT2D eigenvalue weighted by molar-refractivity contribution is 7.99. The summed E-state index contributed by atoms with van der Waals surface area (Å²) in [6.07, 6.45) is 5.34. The lowest BCUT2D eigenvalue weighted by molar-refractivity contribution is 0.459. The van der Waals surface area contributed by atoms with Crippen LogP contribution in [-0.4, -0.2) is 18.8 Å². The zero-order chi connectivity index (χ0) is 14.4. The molecule has 0 amide bonds. The highest BCUT2D eigenvalue weighted by atomic mass is 32.2. The summed E-state index contributed by atoms with van der Waals surface area (Å²) in [4.78, 5) is 3.93. The molecule has 2 N–H and O–H groups in total. The predicted molar refractivity (Wildman–Crippen MR) is 90.6 cm³/mol. The quantitative estimate of drug-likeness (QED) is 0.822. The Morgan fingerprint density at radius 1 is 1.25 bits per heavy atom. The molecule has 0 spiro atoms. The number of hydrogen-bond acceptors (Lipinski definition) is 3. The zero-order valence-electron chi connectivity index (χ0n) is 12.9. The third-order valence-corrected chi connectivity index (χ3v) is 5.36. The maximum absolute atomic E-state index is 6.04. The minimum Gasteiger partial charge on any atom is -0.371 e. The Kier molecular flexibility index (Phi) is 6.24. The van der Waals surface area contributed by atoms with E-state index in [-0.39, 0.29) is 0 Å². The molecule has 1 atom stereocenters. The fraction of sp³-hybridized carbons (Fsp3) is 0.647. The first-order valence-corrected chi connectivity index (χ1v) is 8.98. The van der Waals surface area contributed by atoms with Gasteiger partial charge in [0.1, 0.15) is 0 Å². The number of nitrogens with zero attached hydrogens (tertiary/aromatic N) is 1. The van der Waals surface area contributed by atoms with E-state index in [0.717, 1.165) is 11.7 Å². The van der Waals surface area contributed by atoms with Crippen LogP contribution in [0.5, 0.6) is 0 Å². The maximum atomic E-state index is 6.04. The summed E-state index contributed by atoms with van der Waals surface area (Å²) in [5.41, 5.74) is 8.76. The van der Waals surface area contributed by atoms with Gasteiger partial charge in [-0.05, 0) is 43.1 Å². The van der Waals surface area contributed by atoms with Gasteiger partial charge in [-0.2, -0.15) is 0 Å². The van der Waals surface area contributed by atoms with E-state index in [0.29, 0.717) is 6.54 Å². The van der Waals surface area contributed by atoms with E-state index in [9.17, 15) is 0 Å². The molecule has 3 heteroatoms. The van der Waals surface area contributed by atoms with Crippen LogP contribution in [0.25, 0.3) is 0 Å². The summed E-state index contributed by atoms with van der Waals surface area (Å²) < 4.78 is 0. The van der Waals surface area contributed by atoms with Crippen LogP contribution in [0.3, 0.4) is 0 Å². The van der Waals surface area contributed by atoms with Crippen molar-refractivity contribution < 1.29 is 0 Å². The standard InChI is InChI=1S/C17H28N2S/c1-3-14-7-6-11-19(12-10-14)16-8-5-9-17(20-4-2)15(16)13-18/h5,8-9,14H,3-4,6-7,10-13,18H2,1-2H3. The largest absolute Gasteiger partial charge is 0.371 e. The highest BCUT2D eigenvalue weighted by Crippen LogP contribution is 2.32. The minimum atomic E-state index is 0.645. The first kappa shape index (κ1) is 15.7. The van der Waals surface area contributed by atoms with Crippen molar-refractivity contribution in [2.75, 3.05) is 23.7 Å². The van der Waals surface area contributed by atoms with Crippen LogP contribution in [-0.2, 0) is 6.54 Å². The lowest BCUT2D eigenvalue weighted by atomic mass is 9.98. The molecule has 1 saturated heterocycles. The van der Waals surface area contributed by atoms with Gasteiger partial charge in [-0.15, -0.1) is 11.8 Å². The normalized spacial score (nSPS) is 19.9. The van der Waals surface area contributed by atoms with Gasteiger partial charge in [0, 0.05) is 35.8 Å². The Balaban J connectivity index is 2.20. The minimum absolute atomic E-state index is 0.645. The van der Waals surface area contributed by atoms with Crippen molar-refractivity contribution in [1.29, 1.82) is 0 Å². The molecule has 0 saturated carbocycles. The van der Waals surface area contributed by atoms with E-state index in [1.54, 1.807) is 0 Å². The Hall–Kier alpha value is -0.670. The van der Waals surface area contributed by atoms with Crippen molar-refractivity contribution in [3.8, 4) is 0 Å². The Morgan fingerprint density at radius 3 is 2.80 bits per heavy atom. The average molecular weight is 292 g/mol. The second kappa shape index (κ2) is 7.94. The zero-order valence-corrected chi connectivity index (χ0v) is 13.7. The van der Waals surface area contributed by atoms with Crippen LogP contribution >= 0.6 is 11.8 Å². The molecule has 1 aromatic rings. The number of benzene rings is 1. The van der Waals surface area contributed by atoms with E-state index >= 15 is 0 Å². The maximum Gasteiger partial charge on any atom is 0.0423 e. The topological polar surface area (TPSA) is 29.3 Å². The molecule has 0 aromatic heterocycles. The van der Waals surface area contributed by atoms with Crippen molar-refractivity contribution in [2.45, 2.75) is 51.0 Å². The number of anilines is 1. The van der Waals surface area contributed by atoms with E-state index in [2.05, 4.69) is 36.9 Å².